The molecule has 7 heteroatoms. The van der Waals surface area contributed by atoms with Gasteiger partial charge in [0.1, 0.15) is 5.54 Å². The molecule has 0 atom stereocenters. The molecule has 128 valence electrons. The Balaban J connectivity index is 1.58. The van der Waals surface area contributed by atoms with Gasteiger partial charge in [0.05, 0.1) is 21.8 Å². The molecule has 4 rings (SSSR count). The number of carbonyl (C=O) groups is 1. The van der Waals surface area contributed by atoms with Crippen LogP contribution in [0.25, 0.3) is 10.6 Å². The number of rotatable bonds is 4. The molecule has 1 aliphatic rings. The lowest BCUT2D eigenvalue weighted by Gasteiger charge is -2.39. The molecule has 1 amide bonds. The van der Waals surface area contributed by atoms with Gasteiger partial charge in [-0.15, -0.1) is 11.3 Å². The molecule has 0 aromatic carbocycles. The van der Waals surface area contributed by atoms with Crippen molar-refractivity contribution in [1.82, 2.24) is 20.4 Å². The largest absolute Gasteiger partial charge is 0.340 e. The predicted octanol–water partition coefficient (Wildman–Crippen LogP) is 3.62. The Morgan fingerprint density at radius 1 is 1.24 bits per heavy atom. The monoisotopic (exact) mass is 354 g/mol. The smallest absolute Gasteiger partial charge is 0.253 e. The van der Waals surface area contributed by atoms with Crippen LogP contribution in [0, 0.1) is 13.8 Å². The van der Waals surface area contributed by atoms with Gasteiger partial charge < -0.3 is 9.84 Å². The van der Waals surface area contributed by atoms with Crippen molar-refractivity contribution in [3.63, 3.8) is 0 Å². The molecule has 0 aliphatic heterocycles. The van der Waals surface area contributed by atoms with Crippen molar-refractivity contribution < 1.29 is 9.32 Å². The van der Waals surface area contributed by atoms with E-state index in [2.05, 4.69) is 20.4 Å². The molecule has 0 unspecified atom stereocenters. The Hall–Kier alpha value is -2.54. The van der Waals surface area contributed by atoms with Crippen molar-refractivity contribution in [2.45, 2.75) is 38.6 Å². The highest BCUT2D eigenvalue weighted by molar-refractivity contribution is 7.13. The Morgan fingerprint density at radius 3 is 2.64 bits per heavy atom. The minimum atomic E-state index is -0.520. The molecule has 0 bridgehead atoms. The number of nitrogens with zero attached hydrogens (tertiary/aromatic N) is 3. The summed E-state index contributed by atoms with van der Waals surface area (Å²) in [7, 11) is 0. The Labute approximate surface area is 149 Å². The van der Waals surface area contributed by atoms with E-state index in [1.54, 1.807) is 18.3 Å². The predicted molar refractivity (Wildman–Crippen MR) is 94.3 cm³/mol. The highest BCUT2D eigenvalue weighted by atomic mass is 32.1. The van der Waals surface area contributed by atoms with Crippen LogP contribution < -0.4 is 5.32 Å². The van der Waals surface area contributed by atoms with E-state index in [0.29, 0.717) is 23.0 Å². The summed E-state index contributed by atoms with van der Waals surface area (Å²) in [5.41, 5.74) is 1.65. The standard InChI is InChI=1S/C18H18N4O2S/c1-11-13(6-7-14(19-11)15-5-3-10-25-15)16(23)21-18(8-4-9-18)17-20-12(2)24-22-17/h3,5-7,10H,4,8-9H2,1-2H3,(H,21,23). The van der Waals surface area contributed by atoms with Crippen LogP contribution >= 0.6 is 11.3 Å². The molecule has 0 radical (unpaired) electrons. The van der Waals surface area contributed by atoms with Gasteiger partial charge in [0, 0.05) is 6.92 Å². The van der Waals surface area contributed by atoms with E-state index in [9.17, 15) is 4.79 Å². The topological polar surface area (TPSA) is 80.9 Å². The van der Waals surface area contributed by atoms with Crippen LogP contribution in [0.15, 0.2) is 34.2 Å². The maximum absolute atomic E-state index is 12.8. The normalized spacial score (nSPS) is 15.6. The summed E-state index contributed by atoms with van der Waals surface area (Å²) in [6.45, 7) is 3.61. The third kappa shape index (κ3) is 2.84. The molecular weight excluding hydrogens is 336 g/mol. The van der Waals surface area contributed by atoms with E-state index < -0.39 is 5.54 Å². The lowest BCUT2D eigenvalue weighted by Crippen LogP contribution is -2.51. The molecule has 1 aliphatic carbocycles. The SMILES string of the molecule is Cc1nc(C2(NC(=O)c3ccc(-c4cccs4)nc3C)CCC2)no1. The molecule has 1 saturated carbocycles. The second-order valence-corrected chi connectivity index (χ2v) is 7.28. The Kier molecular flexibility index (Phi) is 3.88. The molecule has 1 N–H and O–H groups in total. The first-order valence-corrected chi connectivity index (χ1v) is 9.10. The second kappa shape index (κ2) is 6.07. The third-order valence-corrected chi connectivity index (χ3v) is 5.51. The zero-order chi connectivity index (χ0) is 17.4. The quantitative estimate of drug-likeness (QED) is 0.774. The van der Waals surface area contributed by atoms with Gasteiger partial charge in [-0.3, -0.25) is 9.78 Å². The average Bonchev–Trinajstić information content (AvgIpc) is 3.22. The zero-order valence-electron chi connectivity index (χ0n) is 14.1. The molecule has 25 heavy (non-hydrogen) atoms. The van der Waals surface area contributed by atoms with Crippen molar-refractivity contribution in [3.8, 4) is 10.6 Å². The van der Waals surface area contributed by atoms with Crippen LogP contribution in [-0.2, 0) is 5.54 Å². The number of carbonyl (C=O) groups excluding carboxylic acids is 1. The van der Waals surface area contributed by atoms with E-state index in [0.717, 1.165) is 29.8 Å². The number of hydrogen-bond acceptors (Lipinski definition) is 6. The minimum absolute atomic E-state index is 0.148. The lowest BCUT2D eigenvalue weighted by molar-refractivity contribution is 0.0804. The number of aromatic nitrogens is 3. The highest BCUT2D eigenvalue weighted by Gasteiger charge is 2.44. The van der Waals surface area contributed by atoms with Gasteiger partial charge >= 0.3 is 0 Å². The van der Waals surface area contributed by atoms with E-state index in [4.69, 9.17) is 4.52 Å². The summed E-state index contributed by atoms with van der Waals surface area (Å²) in [6, 6.07) is 7.74. The number of thiophene rings is 1. The number of hydrogen-bond donors (Lipinski definition) is 1. The van der Waals surface area contributed by atoms with Crippen LogP contribution in [0.5, 0.6) is 0 Å². The first kappa shape index (κ1) is 16.0. The van der Waals surface area contributed by atoms with Crippen molar-refractivity contribution in [3.05, 3.63) is 52.6 Å². The molecule has 0 saturated heterocycles. The van der Waals surface area contributed by atoms with Crippen molar-refractivity contribution in [1.29, 1.82) is 0 Å². The molecule has 0 spiro atoms. The molecular formula is C18H18N4O2S. The van der Waals surface area contributed by atoms with Crippen LogP contribution in [0.2, 0.25) is 0 Å². The molecule has 3 aromatic heterocycles. The summed E-state index contributed by atoms with van der Waals surface area (Å²) >= 11 is 1.63. The summed E-state index contributed by atoms with van der Waals surface area (Å²) < 4.78 is 5.09. The van der Waals surface area contributed by atoms with Gasteiger partial charge in [-0.1, -0.05) is 11.2 Å². The summed E-state index contributed by atoms with van der Waals surface area (Å²) in [6.07, 6.45) is 2.66. The molecule has 3 heterocycles. The fourth-order valence-electron chi connectivity index (χ4n) is 3.08. The number of amides is 1. The fourth-order valence-corrected chi connectivity index (χ4v) is 3.77. The first-order valence-electron chi connectivity index (χ1n) is 8.22. The average molecular weight is 354 g/mol. The first-order chi connectivity index (χ1) is 12.1. The maximum Gasteiger partial charge on any atom is 0.253 e. The number of aryl methyl sites for hydroxylation is 2. The number of nitrogens with one attached hydrogen (secondary N) is 1. The Morgan fingerprint density at radius 2 is 2.08 bits per heavy atom. The van der Waals surface area contributed by atoms with E-state index in [-0.39, 0.29) is 5.91 Å². The van der Waals surface area contributed by atoms with Gasteiger partial charge in [0.25, 0.3) is 5.91 Å². The van der Waals surface area contributed by atoms with Crippen LogP contribution in [0.1, 0.15) is 47.0 Å². The van der Waals surface area contributed by atoms with Gasteiger partial charge in [0.2, 0.25) is 5.89 Å². The lowest BCUT2D eigenvalue weighted by atomic mass is 9.76. The van der Waals surface area contributed by atoms with Gasteiger partial charge in [-0.2, -0.15) is 4.98 Å². The zero-order valence-corrected chi connectivity index (χ0v) is 14.9. The minimum Gasteiger partial charge on any atom is -0.340 e. The Bertz CT molecular complexity index is 913. The van der Waals surface area contributed by atoms with E-state index >= 15 is 0 Å². The van der Waals surface area contributed by atoms with Crippen molar-refractivity contribution in [2.75, 3.05) is 0 Å². The number of pyridine rings is 1. The summed E-state index contributed by atoms with van der Waals surface area (Å²) in [5, 5.41) is 9.14. The van der Waals surface area contributed by atoms with E-state index in [1.165, 1.54) is 0 Å². The van der Waals surface area contributed by atoms with Crippen LogP contribution in [0.4, 0.5) is 0 Å². The van der Waals surface area contributed by atoms with Crippen LogP contribution in [-0.4, -0.2) is 21.0 Å². The van der Waals surface area contributed by atoms with Gasteiger partial charge in [0.15, 0.2) is 5.82 Å². The third-order valence-electron chi connectivity index (χ3n) is 4.62. The van der Waals surface area contributed by atoms with Crippen molar-refractivity contribution in [2.24, 2.45) is 0 Å². The molecule has 6 nitrogen and oxygen atoms in total. The molecule has 3 aromatic rings. The maximum atomic E-state index is 12.8. The van der Waals surface area contributed by atoms with Crippen molar-refractivity contribution >= 4 is 17.2 Å². The van der Waals surface area contributed by atoms with Crippen LogP contribution in [0.3, 0.4) is 0 Å². The fraction of sp³-hybridized carbons (Fsp3) is 0.333. The summed E-state index contributed by atoms with van der Waals surface area (Å²) in [5.74, 6) is 0.920. The van der Waals surface area contributed by atoms with Gasteiger partial charge in [-0.05, 0) is 49.8 Å². The highest BCUT2D eigenvalue weighted by Crippen LogP contribution is 2.40. The second-order valence-electron chi connectivity index (χ2n) is 6.33. The summed E-state index contributed by atoms with van der Waals surface area (Å²) in [4.78, 5) is 22.8. The molecule has 1 fully saturated rings. The van der Waals surface area contributed by atoms with E-state index in [1.807, 2.05) is 36.6 Å². The van der Waals surface area contributed by atoms with Gasteiger partial charge in [-0.25, -0.2) is 0 Å².